The first kappa shape index (κ1) is 15.0. The minimum Gasteiger partial charge on any atom is -0.378 e. The predicted octanol–water partition coefficient (Wildman–Crippen LogP) is 2.73. The van der Waals surface area contributed by atoms with Crippen molar-refractivity contribution in [2.75, 3.05) is 18.5 Å². The number of carbonyl (C=O) groups excluding carboxylic acids is 1. The molecule has 1 aliphatic rings. The van der Waals surface area contributed by atoms with Crippen molar-refractivity contribution in [2.45, 2.75) is 46.1 Å². The second-order valence-electron chi connectivity index (χ2n) is 5.69. The van der Waals surface area contributed by atoms with Crippen LogP contribution in [-0.4, -0.2) is 30.5 Å². The molecular weight excluding hydrogens is 282 g/mol. The first-order valence-corrected chi connectivity index (χ1v) is 7.53. The molecule has 100 valence electrons. The molecule has 1 fully saturated rings. The maximum Gasteiger partial charge on any atom is 0.220 e. The van der Waals surface area contributed by atoms with Crippen LogP contribution in [0.15, 0.2) is 0 Å². The topological polar surface area (TPSA) is 38.3 Å². The maximum atomic E-state index is 11.7. The van der Waals surface area contributed by atoms with E-state index >= 15 is 0 Å². The van der Waals surface area contributed by atoms with Crippen molar-refractivity contribution in [1.82, 2.24) is 5.32 Å². The summed E-state index contributed by atoms with van der Waals surface area (Å²) in [6.45, 7) is 7.80. The summed E-state index contributed by atoms with van der Waals surface area (Å²) in [4.78, 5) is 11.7. The van der Waals surface area contributed by atoms with Crippen LogP contribution in [0.2, 0.25) is 0 Å². The summed E-state index contributed by atoms with van der Waals surface area (Å²) in [6, 6.07) is 0. The van der Waals surface area contributed by atoms with E-state index in [0.29, 0.717) is 18.4 Å². The number of halogens is 1. The third kappa shape index (κ3) is 5.38. The average Bonchev–Trinajstić information content (AvgIpc) is 2.24. The Morgan fingerprint density at radius 3 is 2.65 bits per heavy atom. The number of carbonyl (C=O) groups is 1. The Hall–Kier alpha value is -0.0900. The molecule has 0 unspecified atom stereocenters. The Kier molecular flexibility index (Phi) is 5.93. The van der Waals surface area contributed by atoms with E-state index < -0.39 is 0 Å². The van der Waals surface area contributed by atoms with Crippen molar-refractivity contribution < 1.29 is 9.53 Å². The van der Waals surface area contributed by atoms with Crippen LogP contribution in [0.3, 0.4) is 0 Å². The maximum absolute atomic E-state index is 11.7. The summed E-state index contributed by atoms with van der Waals surface area (Å²) in [5, 5.41) is 3.91. The van der Waals surface area contributed by atoms with Gasteiger partial charge in [-0.15, -0.1) is 0 Å². The van der Waals surface area contributed by atoms with Gasteiger partial charge in [-0.1, -0.05) is 29.8 Å². The normalized spacial score (nSPS) is 24.2. The molecule has 17 heavy (non-hydrogen) atoms. The summed E-state index contributed by atoms with van der Waals surface area (Å²) in [5.41, 5.74) is 0.128. The molecule has 0 aromatic carbocycles. The van der Waals surface area contributed by atoms with E-state index in [1.807, 2.05) is 6.92 Å². The lowest BCUT2D eigenvalue weighted by Gasteiger charge is -2.34. The molecule has 1 rings (SSSR count). The van der Waals surface area contributed by atoms with E-state index in [1.165, 1.54) is 0 Å². The fourth-order valence-electron chi connectivity index (χ4n) is 1.93. The zero-order chi connectivity index (χ0) is 12.9. The molecule has 0 bridgehead atoms. The Bertz CT molecular complexity index is 250. The summed E-state index contributed by atoms with van der Waals surface area (Å²) < 4.78 is 5.48. The van der Waals surface area contributed by atoms with Crippen LogP contribution >= 0.6 is 15.9 Å². The Morgan fingerprint density at radius 1 is 1.47 bits per heavy atom. The summed E-state index contributed by atoms with van der Waals surface area (Å²) in [7, 11) is 0. The molecule has 1 amide bonds. The molecule has 0 heterocycles. The third-order valence-corrected chi connectivity index (χ3v) is 4.71. The minimum atomic E-state index is 0.128. The van der Waals surface area contributed by atoms with Crippen molar-refractivity contribution in [1.29, 1.82) is 0 Å². The van der Waals surface area contributed by atoms with Crippen LogP contribution in [0.4, 0.5) is 0 Å². The molecule has 3 nitrogen and oxygen atoms in total. The van der Waals surface area contributed by atoms with E-state index in [4.69, 9.17) is 4.74 Å². The Labute approximate surface area is 113 Å². The van der Waals surface area contributed by atoms with E-state index in [0.717, 1.165) is 31.3 Å². The van der Waals surface area contributed by atoms with E-state index in [2.05, 4.69) is 35.1 Å². The number of alkyl halides is 1. The molecule has 0 aliphatic heterocycles. The molecule has 1 saturated carbocycles. The van der Waals surface area contributed by atoms with Crippen LogP contribution in [0, 0.1) is 11.3 Å². The molecule has 0 spiro atoms. The largest absolute Gasteiger partial charge is 0.378 e. The monoisotopic (exact) mass is 305 g/mol. The minimum absolute atomic E-state index is 0.128. The highest BCUT2D eigenvalue weighted by atomic mass is 79.9. The molecule has 0 saturated heterocycles. The lowest BCUT2D eigenvalue weighted by Crippen LogP contribution is -2.39. The van der Waals surface area contributed by atoms with Gasteiger partial charge in [-0.25, -0.2) is 0 Å². The number of rotatable bonds is 7. The zero-order valence-corrected chi connectivity index (χ0v) is 12.7. The molecule has 0 aromatic heterocycles. The Morgan fingerprint density at radius 2 is 2.12 bits per heavy atom. The zero-order valence-electron chi connectivity index (χ0n) is 11.1. The number of ether oxygens (including phenoxy) is 1. The summed E-state index contributed by atoms with van der Waals surface area (Å²) in [6.07, 6.45) is 3.14. The number of hydrogen-bond donors (Lipinski definition) is 1. The third-order valence-electron chi connectivity index (χ3n) is 3.19. The van der Waals surface area contributed by atoms with Crippen molar-refractivity contribution >= 4 is 21.8 Å². The van der Waals surface area contributed by atoms with Gasteiger partial charge < -0.3 is 10.1 Å². The highest BCUT2D eigenvalue weighted by molar-refractivity contribution is 9.09. The van der Waals surface area contributed by atoms with Crippen molar-refractivity contribution in [2.24, 2.45) is 11.3 Å². The fraction of sp³-hybridized carbons (Fsp3) is 0.923. The van der Waals surface area contributed by atoms with Gasteiger partial charge in [0, 0.05) is 24.9 Å². The number of hydrogen-bond acceptors (Lipinski definition) is 2. The number of nitrogens with one attached hydrogen (secondary N) is 1. The molecule has 1 N–H and O–H groups in total. The van der Waals surface area contributed by atoms with Gasteiger partial charge in [-0.3, -0.25) is 4.79 Å². The van der Waals surface area contributed by atoms with Gasteiger partial charge in [0.2, 0.25) is 5.91 Å². The van der Waals surface area contributed by atoms with Crippen LogP contribution < -0.4 is 5.32 Å². The first-order valence-electron chi connectivity index (χ1n) is 6.41. The van der Waals surface area contributed by atoms with E-state index in [1.54, 1.807) is 0 Å². The standard InChI is InChI=1S/C13H24BrNO2/c1-4-17-11-5-10(6-11)7-12(16)15-9-13(2,3)8-14/h10-11H,4-9H2,1-3H3,(H,15,16). The quantitative estimate of drug-likeness (QED) is 0.735. The lowest BCUT2D eigenvalue weighted by atomic mass is 9.80. The van der Waals surface area contributed by atoms with Gasteiger partial charge in [0.05, 0.1) is 6.10 Å². The van der Waals surface area contributed by atoms with Gasteiger partial charge in [0.25, 0.3) is 0 Å². The lowest BCUT2D eigenvalue weighted by molar-refractivity contribution is -0.124. The summed E-state index contributed by atoms with van der Waals surface area (Å²) >= 11 is 3.45. The van der Waals surface area contributed by atoms with Crippen molar-refractivity contribution in [3.63, 3.8) is 0 Å². The van der Waals surface area contributed by atoms with Crippen LogP contribution in [0.25, 0.3) is 0 Å². The molecule has 0 aromatic rings. The van der Waals surface area contributed by atoms with Gasteiger partial charge in [-0.2, -0.15) is 0 Å². The second kappa shape index (κ2) is 6.74. The van der Waals surface area contributed by atoms with E-state index in [9.17, 15) is 4.79 Å². The first-order chi connectivity index (χ1) is 7.96. The van der Waals surface area contributed by atoms with Crippen molar-refractivity contribution in [3.05, 3.63) is 0 Å². The Balaban J connectivity index is 2.11. The van der Waals surface area contributed by atoms with Gasteiger partial charge in [-0.05, 0) is 31.1 Å². The molecule has 0 atom stereocenters. The van der Waals surface area contributed by atoms with Gasteiger partial charge in [0.1, 0.15) is 0 Å². The predicted molar refractivity (Wildman–Crippen MR) is 73.3 cm³/mol. The fourth-order valence-corrected chi connectivity index (χ4v) is 2.13. The molecule has 4 heteroatoms. The highest BCUT2D eigenvalue weighted by Crippen LogP contribution is 2.32. The second-order valence-corrected chi connectivity index (χ2v) is 6.25. The van der Waals surface area contributed by atoms with Crippen LogP contribution in [-0.2, 0) is 9.53 Å². The highest BCUT2D eigenvalue weighted by Gasteiger charge is 2.31. The average molecular weight is 306 g/mol. The molecular formula is C13H24BrNO2. The molecule has 1 aliphatic carbocycles. The van der Waals surface area contributed by atoms with Gasteiger partial charge >= 0.3 is 0 Å². The summed E-state index contributed by atoms with van der Waals surface area (Å²) in [5.74, 6) is 0.706. The van der Waals surface area contributed by atoms with Gasteiger partial charge in [0.15, 0.2) is 0 Å². The SMILES string of the molecule is CCOC1CC(CC(=O)NCC(C)(C)CBr)C1. The van der Waals surface area contributed by atoms with Crippen LogP contribution in [0.5, 0.6) is 0 Å². The van der Waals surface area contributed by atoms with E-state index in [-0.39, 0.29) is 11.3 Å². The van der Waals surface area contributed by atoms with Crippen LogP contribution in [0.1, 0.15) is 40.0 Å². The molecule has 0 radical (unpaired) electrons. The van der Waals surface area contributed by atoms with Crippen molar-refractivity contribution in [3.8, 4) is 0 Å². The number of amides is 1. The smallest absolute Gasteiger partial charge is 0.220 e.